The van der Waals surface area contributed by atoms with Crippen LogP contribution in [0.2, 0.25) is 0 Å². The van der Waals surface area contributed by atoms with Gasteiger partial charge in [-0.3, -0.25) is 4.98 Å². The molecule has 0 fully saturated rings. The molecule has 72 heavy (non-hydrogen) atoms. The van der Waals surface area contributed by atoms with E-state index in [0.717, 1.165) is 105 Å². The highest BCUT2D eigenvalue weighted by Crippen LogP contribution is 2.44. The van der Waals surface area contributed by atoms with Crippen molar-refractivity contribution in [2.24, 2.45) is 0 Å². The molecular formula is C64H38N8. The van der Waals surface area contributed by atoms with Crippen molar-refractivity contribution in [3.05, 3.63) is 248 Å². The molecule has 0 saturated heterocycles. The number of hydrogen-bond donors (Lipinski definition) is 0. The zero-order chi connectivity index (χ0) is 48.1. The van der Waals surface area contributed by atoms with Crippen molar-refractivity contribution in [1.82, 2.24) is 29.1 Å². The highest BCUT2D eigenvalue weighted by atomic mass is 15.0. The van der Waals surface area contributed by atoms with E-state index in [4.69, 9.17) is 26.5 Å². The Morgan fingerprint density at radius 3 is 1.51 bits per heavy atom. The number of nitrogens with zero attached hydrogens (tertiary/aromatic N) is 8. The minimum absolute atomic E-state index is 0.538. The molecule has 8 heteroatoms. The zero-order valence-electron chi connectivity index (χ0n) is 38.5. The summed E-state index contributed by atoms with van der Waals surface area (Å²) in [6.07, 6.45) is 3.82. The third kappa shape index (κ3) is 6.98. The number of benzene rings is 9. The van der Waals surface area contributed by atoms with E-state index in [2.05, 4.69) is 129 Å². The van der Waals surface area contributed by atoms with Crippen LogP contribution >= 0.6 is 0 Å². The third-order valence-electron chi connectivity index (χ3n) is 13.6. The summed E-state index contributed by atoms with van der Waals surface area (Å²) < 4.78 is 4.67. The van der Waals surface area contributed by atoms with Crippen LogP contribution in [0.15, 0.2) is 231 Å². The van der Waals surface area contributed by atoms with Crippen LogP contribution in [-0.4, -0.2) is 29.1 Å². The Kier molecular flexibility index (Phi) is 10.1. The van der Waals surface area contributed by atoms with Crippen LogP contribution in [0, 0.1) is 17.9 Å². The van der Waals surface area contributed by atoms with Crippen molar-refractivity contribution >= 4 is 49.3 Å². The maximum Gasteiger partial charge on any atom is 0.194 e. The Morgan fingerprint density at radius 1 is 0.389 bits per heavy atom. The number of pyridine rings is 1. The molecule has 13 aromatic rings. The van der Waals surface area contributed by atoms with Gasteiger partial charge in [-0.1, -0.05) is 164 Å². The molecule has 0 spiro atoms. The number of aromatic nitrogens is 6. The average molecular weight is 919 g/mol. The van der Waals surface area contributed by atoms with Gasteiger partial charge in [0.05, 0.1) is 51.6 Å². The van der Waals surface area contributed by atoms with Gasteiger partial charge < -0.3 is 9.13 Å². The molecule has 4 heterocycles. The van der Waals surface area contributed by atoms with Crippen LogP contribution in [0.4, 0.5) is 5.69 Å². The summed E-state index contributed by atoms with van der Waals surface area (Å²) in [6.45, 7) is 7.91. The Balaban J connectivity index is 1.08. The molecule has 0 unspecified atom stereocenters. The van der Waals surface area contributed by atoms with Gasteiger partial charge in [-0.05, 0) is 76.9 Å². The highest BCUT2D eigenvalue weighted by molar-refractivity contribution is 6.13. The SMILES string of the molecule is [C-]#[N+]c1ccccc1-c1ccc2c(c1)c1ccccc1n2-c1ccncc1-c1ccc(-c2nc(-c3ccccc3)nc(-c3ccccc3)n2)cc1-n1c2ccccc2c2cc(-c3ccccc3C#N)ccc21. The Bertz CT molecular complexity index is 4310. The molecule has 0 atom stereocenters. The van der Waals surface area contributed by atoms with Gasteiger partial charge in [0.1, 0.15) is 0 Å². The van der Waals surface area contributed by atoms with E-state index in [1.807, 2.05) is 122 Å². The van der Waals surface area contributed by atoms with Gasteiger partial charge in [-0.25, -0.2) is 19.8 Å². The van der Waals surface area contributed by atoms with Crippen LogP contribution in [0.3, 0.4) is 0 Å². The van der Waals surface area contributed by atoms with Crippen molar-refractivity contribution < 1.29 is 0 Å². The predicted octanol–water partition coefficient (Wildman–Crippen LogP) is 15.9. The number of hydrogen-bond acceptors (Lipinski definition) is 5. The number of para-hydroxylation sites is 3. The van der Waals surface area contributed by atoms with Gasteiger partial charge in [-0.2, -0.15) is 5.26 Å². The minimum atomic E-state index is 0.538. The first-order chi connectivity index (χ1) is 35.6. The van der Waals surface area contributed by atoms with Gasteiger partial charge in [0, 0.05) is 61.8 Å². The second-order valence-corrected chi connectivity index (χ2v) is 17.6. The maximum atomic E-state index is 10.1. The maximum absolute atomic E-state index is 10.1. The summed E-state index contributed by atoms with van der Waals surface area (Å²) in [6, 6.07) is 76.5. The standard InChI is InChI=1S/C64H38N8/c1-66-55-25-13-10-22-48(55)44-30-33-58-53(37-44)49-23-11-14-26-56(49)71(58)60-34-35-67-40-54(60)51-31-28-45(64-69-62(41-16-4-2-5-17-41)68-63(70-64)42-18-6-3-7-19-42)38-61(51)72-57-27-15-12-24-50(57)52-36-43(29-32-59(52)72)47-21-9-8-20-46(47)39-65/h2-38,40H. The van der Waals surface area contributed by atoms with Crippen LogP contribution in [0.25, 0.3) is 127 Å². The number of fused-ring (bicyclic) bond motifs is 6. The van der Waals surface area contributed by atoms with Crippen LogP contribution in [0.1, 0.15) is 5.56 Å². The fourth-order valence-electron chi connectivity index (χ4n) is 10.3. The molecule has 13 rings (SSSR count). The third-order valence-corrected chi connectivity index (χ3v) is 13.6. The summed E-state index contributed by atoms with van der Waals surface area (Å²) >= 11 is 0. The topological polar surface area (TPSA) is 89.6 Å². The quantitative estimate of drug-likeness (QED) is 0.142. The smallest absolute Gasteiger partial charge is 0.194 e. The molecule has 0 radical (unpaired) electrons. The van der Waals surface area contributed by atoms with Gasteiger partial charge >= 0.3 is 0 Å². The second kappa shape index (κ2) is 17.4. The summed E-state index contributed by atoms with van der Waals surface area (Å²) in [5.41, 5.74) is 15.4. The molecule has 334 valence electrons. The van der Waals surface area contributed by atoms with Crippen LogP contribution in [-0.2, 0) is 0 Å². The fourth-order valence-corrected chi connectivity index (χ4v) is 10.3. The minimum Gasteiger partial charge on any atom is -0.309 e. The monoisotopic (exact) mass is 918 g/mol. The average Bonchev–Trinajstić information content (AvgIpc) is 3.97. The number of nitriles is 1. The van der Waals surface area contributed by atoms with E-state index >= 15 is 0 Å². The molecular weight excluding hydrogens is 881 g/mol. The van der Waals surface area contributed by atoms with E-state index in [-0.39, 0.29) is 0 Å². The van der Waals surface area contributed by atoms with E-state index in [0.29, 0.717) is 28.7 Å². The van der Waals surface area contributed by atoms with Crippen molar-refractivity contribution in [2.75, 3.05) is 0 Å². The molecule has 0 aliphatic carbocycles. The first kappa shape index (κ1) is 41.9. The molecule has 0 N–H and O–H groups in total. The second-order valence-electron chi connectivity index (χ2n) is 17.6. The summed E-state index contributed by atoms with van der Waals surface area (Å²) in [5, 5.41) is 14.4. The normalized spacial score (nSPS) is 11.3. The summed E-state index contributed by atoms with van der Waals surface area (Å²) in [5.74, 6) is 1.69. The first-order valence-electron chi connectivity index (χ1n) is 23.6. The number of rotatable bonds is 8. The van der Waals surface area contributed by atoms with E-state index in [1.165, 1.54) is 0 Å². The van der Waals surface area contributed by atoms with E-state index < -0.39 is 0 Å². The molecule has 0 aliphatic rings. The molecule has 9 aromatic carbocycles. The summed E-state index contributed by atoms with van der Waals surface area (Å²) in [7, 11) is 0. The molecule has 0 saturated carbocycles. The Hall–Kier alpha value is -10.3. The molecule has 8 nitrogen and oxygen atoms in total. The lowest BCUT2D eigenvalue weighted by atomic mass is 9.98. The predicted molar refractivity (Wildman–Crippen MR) is 290 cm³/mol. The lowest BCUT2D eigenvalue weighted by Crippen LogP contribution is -2.04. The lowest BCUT2D eigenvalue weighted by molar-refractivity contribution is 1.07. The van der Waals surface area contributed by atoms with Crippen molar-refractivity contribution in [2.45, 2.75) is 0 Å². The van der Waals surface area contributed by atoms with Gasteiger partial charge in [0.2, 0.25) is 0 Å². The van der Waals surface area contributed by atoms with Crippen molar-refractivity contribution in [3.63, 3.8) is 0 Å². The van der Waals surface area contributed by atoms with Crippen LogP contribution in [0.5, 0.6) is 0 Å². The van der Waals surface area contributed by atoms with E-state index in [1.54, 1.807) is 0 Å². The molecule has 0 amide bonds. The van der Waals surface area contributed by atoms with Crippen molar-refractivity contribution in [3.8, 4) is 85.0 Å². The van der Waals surface area contributed by atoms with Crippen molar-refractivity contribution in [1.29, 1.82) is 5.26 Å². The zero-order valence-corrected chi connectivity index (χ0v) is 38.5. The van der Waals surface area contributed by atoms with Crippen LogP contribution < -0.4 is 0 Å². The highest BCUT2D eigenvalue weighted by Gasteiger charge is 2.23. The molecule has 0 aliphatic heterocycles. The van der Waals surface area contributed by atoms with E-state index in [9.17, 15) is 5.26 Å². The Morgan fingerprint density at radius 2 is 0.889 bits per heavy atom. The van der Waals surface area contributed by atoms with Gasteiger partial charge in [0.15, 0.2) is 23.2 Å². The molecule has 4 aromatic heterocycles. The van der Waals surface area contributed by atoms with Gasteiger partial charge in [0.25, 0.3) is 0 Å². The Labute approximate surface area is 414 Å². The lowest BCUT2D eigenvalue weighted by Gasteiger charge is -2.19. The first-order valence-corrected chi connectivity index (χ1v) is 23.6. The summed E-state index contributed by atoms with van der Waals surface area (Å²) in [4.78, 5) is 24.1. The van der Waals surface area contributed by atoms with Gasteiger partial charge in [-0.15, -0.1) is 0 Å². The molecule has 0 bridgehead atoms. The fraction of sp³-hybridized carbons (Fsp3) is 0. The largest absolute Gasteiger partial charge is 0.309 e.